The lowest BCUT2D eigenvalue weighted by Gasteiger charge is -2.16. The van der Waals surface area contributed by atoms with E-state index in [2.05, 4.69) is 26.3 Å². The minimum absolute atomic E-state index is 0.242. The molecule has 6 heteroatoms. The molecule has 0 atom stereocenters. The van der Waals surface area contributed by atoms with E-state index in [-0.39, 0.29) is 16.9 Å². The maximum atomic E-state index is 14.4. The highest BCUT2D eigenvalue weighted by atomic mass is 79.9. The Balaban J connectivity index is 1.86. The fourth-order valence-corrected chi connectivity index (χ4v) is 3.37. The molecule has 0 aliphatic rings. The van der Waals surface area contributed by atoms with Crippen LogP contribution >= 0.6 is 15.9 Å². The Labute approximate surface area is 163 Å². The number of hydrogen-bond donors (Lipinski definition) is 1. The van der Waals surface area contributed by atoms with Crippen LogP contribution in [0, 0.1) is 5.82 Å². The number of hydrogen-bond acceptors (Lipinski definition) is 3. The minimum Gasteiger partial charge on any atom is -0.317 e. The lowest BCUT2D eigenvalue weighted by atomic mass is 10.1. The highest BCUT2D eigenvalue weighted by Crippen LogP contribution is 2.21. The van der Waals surface area contributed by atoms with Gasteiger partial charge in [0.2, 0.25) is 0 Å². The van der Waals surface area contributed by atoms with Crippen molar-refractivity contribution in [2.75, 3.05) is 5.43 Å². The van der Waals surface area contributed by atoms with Crippen molar-refractivity contribution in [1.29, 1.82) is 0 Å². The Morgan fingerprint density at radius 2 is 1.78 bits per heavy atom. The van der Waals surface area contributed by atoms with Crippen molar-refractivity contribution in [1.82, 2.24) is 9.66 Å². The van der Waals surface area contributed by atoms with E-state index < -0.39 is 5.82 Å². The molecule has 0 aliphatic carbocycles. The van der Waals surface area contributed by atoms with Crippen molar-refractivity contribution in [3.8, 4) is 11.4 Å². The number of benzene rings is 3. The number of para-hydroxylation sites is 1. The van der Waals surface area contributed by atoms with Gasteiger partial charge in [-0.2, -0.15) is 0 Å². The molecular weight excluding hydrogens is 409 g/mol. The van der Waals surface area contributed by atoms with E-state index in [1.54, 1.807) is 42.5 Å². The van der Waals surface area contributed by atoms with Crippen molar-refractivity contribution in [2.45, 2.75) is 6.54 Å². The zero-order chi connectivity index (χ0) is 18.8. The largest absolute Gasteiger partial charge is 0.317 e. The molecule has 27 heavy (non-hydrogen) atoms. The van der Waals surface area contributed by atoms with Gasteiger partial charge in [-0.15, -0.1) is 0 Å². The SMILES string of the molecule is O=c1c2ccccc2nc(-c2ccccc2F)n1NCc1cccc(Br)c1. The second-order valence-electron chi connectivity index (χ2n) is 6.04. The van der Waals surface area contributed by atoms with Gasteiger partial charge in [0, 0.05) is 4.47 Å². The lowest BCUT2D eigenvalue weighted by molar-refractivity contribution is 0.627. The molecule has 0 radical (unpaired) electrons. The van der Waals surface area contributed by atoms with E-state index in [0.717, 1.165) is 10.0 Å². The third kappa shape index (κ3) is 3.48. The van der Waals surface area contributed by atoms with Crippen molar-refractivity contribution in [3.63, 3.8) is 0 Å². The molecule has 0 spiro atoms. The Morgan fingerprint density at radius 1 is 1.00 bits per heavy atom. The first-order chi connectivity index (χ1) is 13.1. The number of halogens is 2. The average molecular weight is 424 g/mol. The number of nitrogens with one attached hydrogen (secondary N) is 1. The Hall–Kier alpha value is -2.99. The van der Waals surface area contributed by atoms with Crippen LogP contribution in [-0.2, 0) is 6.54 Å². The number of nitrogens with zero attached hydrogens (tertiary/aromatic N) is 2. The van der Waals surface area contributed by atoms with Crippen LogP contribution in [0.15, 0.2) is 82.1 Å². The lowest BCUT2D eigenvalue weighted by Crippen LogP contribution is -2.31. The predicted molar refractivity (Wildman–Crippen MR) is 109 cm³/mol. The Morgan fingerprint density at radius 3 is 2.59 bits per heavy atom. The summed E-state index contributed by atoms with van der Waals surface area (Å²) >= 11 is 3.44. The van der Waals surface area contributed by atoms with Crippen LogP contribution < -0.4 is 11.0 Å². The van der Waals surface area contributed by atoms with Gasteiger partial charge in [-0.05, 0) is 42.0 Å². The Kier molecular flexibility index (Phi) is 4.73. The summed E-state index contributed by atoms with van der Waals surface area (Å²) in [5.74, 6) is -0.190. The third-order valence-electron chi connectivity index (χ3n) is 4.22. The highest BCUT2D eigenvalue weighted by Gasteiger charge is 2.15. The van der Waals surface area contributed by atoms with Gasteiger partial charge in [0.25, 0.3) is 5.56 Å². The molecular formula is C21H15BrFN3O. The molecule has 0 aliphatic heterocycles. The molecule has 4 nitrogen and oxygen atoms in total. The number of fused-ring (bicyclic) bond motifs is 1. The molecule has 0 unspecified atom stereocenters. The van der Waals surface area contributed by atoms with Crippen molar-refractivity contribution in [3.05, 3.63) is 99.0 Å². The first-order valence-corrected chi connectivity index (χ1v) is 9.18. The maximum absolute atomic E-state index is 14.4. The predicted octanol–water partition coefficient (Wildman–Crippen LogP) is 4.71. The van der Waals surface area contributed by atoms with E-state index in [1.165, 1.54) is 10.7 Å². The zero-order valence-corrected chi connectivity index (χ0v) is 15.8. The van der Waals surface area contributed by atoms with Crippen LogP contribution in [0.5, 0.6) is 0 Å². The van der Waals surface area contributed by atoms with Gasteiger partial charge in [-0.3, -0.25) is 4.79 Å². The molecule has 4 rings (SSSR count). The first kappa shape index (κ1) is 17.4. The van der Waals surface area contributed by atoms with E-state index in [1.807, 2.05) is 24.3 Å². The summed E-state index contributed by atoms with van der Waals surface area (Å²) in [5.41, 5.74) is 4.60. The summed E-state index contributed by atoms with van der Waals surface area (Å²) in [6, 6.07) is 21.1. The van der Waals surface area contributed by atoms with Gasteiger partial charge in [0.05, 0.1) is 23.0 Å². The maximum Gasteiger partial charge on any atom is 0.280 e. The standard InChI is InChI=1S/C21H15BrFN3O/c22-15-7-5-6-14(12-15)13-24-26-20(16-8-1-3-10-18(16)23)25-19-11-4-2-9-17(19)21(26)27/h1-12,24H,13H2. The fourth-order valence-electron chi connectivity index (χ4n) is 2.92. The number of aromatic nitrogens is 2. The normalized spacial score (nSPS) is 10.9. The van der Waals surface area contributed by atoms with Crippen molar-refractivity contribution in [2.24, 2.45) is 0 Å². The van der Waals surface area contributed by atoms with E-state index in [9.17, 15) is 9.18 Å². The highest BCUT2D eigenvalue weighted by molar-refractivity contribution is 9.10. The quantitative estimate of drug-likeness (QED) is 0.516. The molecule has 1 heterocycles. The second kappa shape index (κ2) is 7.32. The van der Waals surface area contributed by atoms with E-state index in [4.69, 9.17) is 0 Å². The van der Waals surface area contributed by atoms with Crippen molar-refractivity contribution >= 4 is 26.8 Å². The Bertz CT molecular complexity index is 1190. The summed E-state index contributed by atoms with van der Waals surface area (Å²) in [6.07, 6.45) is 0. The van der Waals surface area contributed by atoms with Crippen LogP contribution in [0.3, 0.4) is 0 Å². The van der Waals surface area contributed by atoms with Crippen LogP contribution in [0.4, 0.5) is 4.39 Å². The average Bonchev–Trinajstić information content (AvgIpc) is 2.68. The summed E-state index contributed by atoms with van der Waals surface area (Å²) in [4.78, 5) is 17.6. The molecule has 3 aromatic carbocycles. The minimum atomic E-state index is -0.433. The molecule has 0 saturated carbocycles. The topological polar surface area (TPSA) is 46.9 Å². The molecule has 1 N–H and O–H groups in total. The summed E-state index contributed by atoms with van der Waals surface area (Å²) in [5, 5.41) is 0.472. The van der Waals surface area contributed by atoms with Crippen LogP contribution in [-0.4, -0.2) is 9.66 Å². The van der Waals surface area contributed by atoms with Gasteiger partial charge in [0.15, 0.2) is 5.82 Å². The van der Waals surface area contributed by atoms with Gasteiger partial charge < -0.3 is 5.43 Å². The zero-order valence-electron chi connectivity index (χ0n) is 14.2. The van der Waals surface area contributed by atoms with Gasteiger partial charge in [-0.25, -0.2) is 14.1 Å². The monoisotopic (exact) mass is 423 g/mol. The molecule has 0 bridgehead atoms. The number of rotatable bonds is 4. The van der Waals surface area contributed by atoms with Gasteiger partial charge >= 0.3 is 0 Å². The van der Waals surface area contributed by atoms with Crippen LogP contribution in [0.25, 0.3) is 22.3 Å². The molecule has 1 aromatic heterocycles. The van der Waals surface area contributed by atoms with E-state index >= 15 is 0 Å². The van der Waals surface area contributed by atoms with Crippen molar-refractivity contribution < 1.29 is 4.39 Å². The summed E-state index contributed by atoms with van der Waals surface area (Å²) in [7, 11) is 0. The molecule has 0 amide bonds. The molecule has 134 valence electrons. The molecule has 0 saturated heterocycles. The fraction of sp³-hybridized carbons (Fsp3) is 0.0476. The smallest absolute Gasteiger partial charge is 0.280 e. The first-order valence-electron chi connectivity index (χ1n) is 8.38. The van der Waals surface area contributed by atoms with Gasteiger partial charge in [-0.1, -0.05) is 52.3 Å². The van der Waals surface area contributed by atoms with Gasteiger partial charge in [0.1, 0.15) is 5.82 Å². The third-order valence-corrected chi connectivity index (χ3v) is 4.71. The summed E-state index contributed by atoms with van der Waals surface area (Å²) in [6.45, 7) is 0.390. The summed E-state index contributed by atoms with van der Waals surface area (Å²) < 4.78 is 16.7. The molecule has 4 aromatic rings. The van der Waals surface area contributed by atoms with Crippen LogP contribution in [0.1, 0.15) is 5.56 Å². The second-order valence-corrected chi connectivity index (χ2v) is 6.95. The molecule has 0 fully saturated rings. The van der Waals surface area contributed by atoms with E-state index in [0.29, 0.717) is 17.4 Å². The van der Waals surface area contributed by atoms with Crippen LogP contribution in [0.2, 0.25) is 0 Å².